The van der Waals surface area contributed by atoms with Crippen LogP contribution in [0.5, 0.6) is 0 Å². The van der Waals surface area contributed by atoms with E-state index in [1.54, 1.807) is 0 Å². The first-order valence-electron chi connectivity index (χ1n) is 6.90. The fraction of sp³-hybridized carbons (Fsp3) is 0.571. The van der Waals surface area contributed by atoms with Crippen LogP contribution in [0.25, 0.3) is 0 Å². The number of hydrogen-bond donors (Lipinski definition) is 1. The van der Waals surface area contributed by atoms with E-state index < -0.39 is 10.0 Å². The lowest BCUT2D eigenvalue weighted by atomic mass is 10.2. The highest BCUT2D eigenvalue weighted by molar-refractivity contribution is 7.88. The highest BCUT2D eigenvalue weighted by atomic mass is 32.2. The number of sulfonamides is 1. The summed E-state index contributed by atoms with van der Waals surface area (Å²) in [5.41, 5.74) is 0.805. The molecule has 0 aliphatic carbocycles. The summed E-state index contributed by atoms with van der Waals surface area (Å²) in [5, 5.41) is 0. The van der Waals surface area contributed by atoms with Crippen LogP contribution >= 0.6 is 0 Å². The summed E-state index contributed by atoms with van der Waals surface area (Å²) >= 11 is 0. The quantitative estimate of drug-likeness (QED) is 0.845. The minimum atomic E-state index is -3.28. The molecule has 6 heteroatoms. The average Bonchev–Trinajstić information content (AvgIpc) is 2.46. The third-order valence-corrected chi connectivity index (χ3v) is 4.79. The van der Waals surface area contributed by atoms with Crippen LogP contribution in [0.15, 0.2) is 30.3 Å². The van der Waals surface area contributed by atoms with Gasteiger partial charge in [0.25, 0.3) is 0 Å². The van der Waals surface area contributed by atoms with Crippen molar-refractivity contribution < 1.29 is 13.2 Å². The fourth-order valence-corrected chi connectivity index (χ4v) is 3.47. The van der Waals surface area contributed by atoms with Crippen LogP contribution in [0.1, 0.15) is 12.5 Å². The summed E-state index contributed by atoms with van der Waals surface area (Å²) in [7, 11) is -3.28. The van der Waals surface area contributed by atoms with Gasteiger partial charge >= 0.3 is 0 Å². The van der Waals surface area contributed by atoms with Crippen molar-refractivity contribution in [1.29, 1.82) is 0 Å². The Morgan fingerprint density at radius 1 is 1.25 bits per heavy atom. The van der Waals surface area contributed by atoms with E-state index in [2.05, 4.69) is 9.62 Å². The van der Waals surface area contributed by atoms with Gasteiger partial charge in [-0.2, -0.15) is 0 Å². The third kappa shape index (κ3) is 4.86. The van der Waals surface area contributed by atoms with Crippen LogP contribution in [-0.4, -0.2) is 52.2 Å². The molecule has 0 amide bonds. The standard InChI is InChI=1S/C14H22N2O3S/c1-13(16-7-9-19-10-8-16)11-15-20(17,18)12-14-5-3-2-4-6-14/h2-6,13,15H,7-12H2,1H3/t13-/m0/s1. The molecule has 0 bridgehead atoms. The first-order valence-corrected chi connectivity index (χ1v) is 8.55. The van der Waals surface area contributed by atoms with E-state index in [0.717, 1.165) is 31.9 Å². The van der Waals surface area contributed by atoms with E-state index in [0.29, 0.717) is 6.54 Å². The predicted octanol–water partition coefficient (Wildman–Crippen LogP) is 0.827. The molecule has 1 aliphatic rings. The number of morpholine rings is 1. The van der Waals surface area contributed by atoms with Crippen molar-refractivity contribution >= 4 is 10.0 Å². The minimum absolute atomic E-state index is 0.0314. The lowest BCUT2D eigenvalue weighted by Gasteiger charge is -2.32. The summed E-state index contributed by atoms with van der Waals surface area (Å²) < 4.78 is 32.1. The van der Waals surface area contributed by atoms with Gasteiger partial charge < -0.3 is 4.74 Å². The number of hydrogen-bond acceptors (Lipinski definition) is 4. The Labute approximate surface area is 121 Å². The third-order valence-electron chi connectivity index (χ3n) is 3.47. The van der Waals surface area contributed by atoms with Crippen molar-refractivity contribution in [2.24, 2.45) is 0 Å². The van der Waals surface area contributed by atoms with Gasteiger partial charge in [0, 0.05) is 25.7 Å². The first-order chi connectivity index (χ1) is 9.57. The van der Waals surface area contributed by atoms with Crippen LogP contribution in [0.3, 0.4) is 0 Å². The largest absolute Gasteiger partial charge is 0.379 e. The molecule has 1 aromatic rings. The maximum atomic E-state index is 12.0. The van der Waals surface area contributed by atoms with Crippen molar-refractivity contribution in [2.75, 3.05) is 32.8 Å². The van der Waals surface area contributed by atoms with Crippen LogP contribution in [0.4, 0.5) is 0 Å². The fourth-order valence-electron chi connectivity index (χ4n) is 2.24. The SMILES string of the molecule is C[C@@H](CNS(=O)(=O)Cc1ccccc1)N1CCOCC1. The Morgan fingerprint density at radius 2 is 1.90 bits per heavy atom. The molecule has 1 saturated heterocycles. The number of benzene rings is 1. The molecule has 5 nitrogen and oxygen atoms in total. The molecule has 0 radical (unpaired) electrons. The van der Waals surface area contributed by atoms with Gasteiger partial charge in [0.2, 0.25) is 10.0 Å². The van der Waals surface area contributed by atoms with Gasteiger partial charge in [-0.1, -0.05) is 30.3 Å². The second kappa shape index (κ2) is 7.17. The number of nitrogens with one attached hydrogen (secondary N) is 1. The smallest absolute Gasteiger partial charge is 0.215 e. The van der Waals surface area contributed by atoms with Crippen molar-refractivity contribution in [1.82, 2.24) is 9.62 Å². The molecule has 1 heterocycles. The highest BCUT2D eigenvalue weighted by Gasteiger charge is 2.19. The molecule has 2 rings (SSSR count). The Hall–Kier alpha value is -0.950. The minimum Gasteiger partial charge on any atom is -0.379 e. The lowest BCUT2D eigenvalue weighted by Crippen LogP contribution is -2.47. The molecule has 1 fully saturated rings. The first kappa shape index (κ1) is 15.4. The van der Waals surface area contributed by atoms with E-state index >= 15 is 0 Å². The molecule has 0 spiro atoms. The summed E-state index contributed by atoms with van der Waals surface area (Å²) in [4.78, 5) is 2.24. The second-order valence-corrected chi connectivity index (χ2v) is 6.90. The zero-order chi connectivity index (χ0) is 14.4. The Bertz CT molecular complexity index is 498. The van der Waals surface area contributed by atoms with Gasteiger partial charge in [0.15, 0.2) is 0 Å². The van der Waals surface area contributed by atoms with Gasteiger partial charge in [0.05, 0.1) is 19.0 Å². The molecule has 1 aliphatic heterocycles. The van der Waals surface area contributed by atoms with Crippen LogP contribution in [0, 0.1) is 0 Å². The second-order valence-electron chi connectivity index (χ2n) is 5.09. The molecular weight excluding hydrogens is 276 g/mol. The van der Waals surface area contributed by atoms with E-state index in [4.69, 9.17) is 4.74 Å². The number of nitrogens with zero attached hydrogens (tertiary/aromatic N) is 1. The van der Waals surface area contributed by atoms with Crippen molar-refractivity contribution in [2.45, 2.75) is 18.7 Å². The molecule has 1 aromatic carbocycles. The number of ether oxygens (including phenoxy) is 1. The molecule has 20 heavy (non-hydrogen) atoms. The van der Waals surface area contributed by atoms with E-state index in [9.17, 15) is 8.42 Å². The van der Waals surface area contributed by atoms with Crippen LogP contribution in [-0.2, 0) is 20.5 Å². The maximum Gasteiger partial charge on any atom is 0.215 e. The van der Waals surface area contributed by atoms with E-state index in [1.165, 1.54) is 0 Å². The summed E-state index contributed by atoms with van der Waals surface area (Å²) in [6.45, 7) is 5.65. The zero-order valence-electron chi connectivity index (χ0n) is 11.8. The van der Waals surface area contributed by atoms with Gasteiger partial charge in [-0.3, -0.25) is 4.90 Å². The van der Waals surface area contributed by atoms with Gasteiger partial charge in [0.1, 0.15) is 0 Å². The zero-order valence-corrected chi connectivity index (χ0v) is 12.6. The topological polar surface area (TPSA) is 58.6 Å². The van der Waals surface area contributed by atoms with E-state index in [1.807, 2.05) is 37.3 Å². The molecule has 1 N–H and O–H groups in total. The van der Waals surface area contributed by atoms with Gasteiger partial charge in [-0.15, -0.1) is 0 Å². The maximum absolute atomic E-state index is 12.0. The Kier molecular flexibility index (Phi) is 5.54. The van der Waals surface area contributed by atoms with Crippen molar-refractivity contribution in [3.63, 3.8) is 0 Å². The lowest BCUT2D eigenvalue weighted by molar-refractivity contribution is 0.0213. The Balaban J connectivity index is 1.82. The normalized spacial score (nSPS) is 18.9. The molecular formula is C14H22N2O3S. The Morgan fingerprint density at radius 3 is 2.55 bits per heavy atom. The van der Waals surface area contributed by atoms with E-state index in [-0.39, 0.29) is 11.8 Å². The monoisotopic (exact) mass is 298 g/mol. The van der Waals surface area contributed by atoms with Crippen molar-refractivity contribution in [3.8, 4) is 0 Å². The molecule has 0 saturated carbocycles. The van der Waals surface area contributed by atoms with Gasteiger partial charge in [-0.25, -0.2) is 13.1 Å². The number of rotatable bonds is 6. The highest BCUT2D eigenvalue weighted by Crippen LogP contribution is 2.06. The molecule has 0 unspecified atom stereocenters. The van der Waals surface area contributed by atoms with Crippen LogP contribution in [0.2, 0.25) is 0 Å². The summed E-state index contributed by atoms with van der Waals surface area (Å²) in [6, 6.07) is 9.41. The average molecular weight is 298 g/mol. The van der Waals surface area contributed by atoms with Crippen molar-refractivity contribution in [3.05, 3.63) is 35.9 Å². The van der Waals surface area contributed by atoms with Gasteiger partial charge in [-0.05, 0) is 12.5 Å². The molecule has 1 atom stereocenters. The molecule has 112 valence electrons. The predicted molar refractivity (Wildman–Crippen MR) is 78.9 cm³/mol. The summed E-state index contributed by atoms with van der Waals surface area (Å²) in [5.74, 6) is 0.0314. The van der Waals surface area contributed by atoms with Crippen LogP contribution < -0.4 is 4.72 Å². The summed E-state index contributed by atoms with van der Waals surface area (Å²) in [6.07, 6.45) is 0. The molecule has 0 aromatic heterocycles.